The molecule has 13 aromatic rings. The molecule has 0 spiro atoms. The molecule has 2 aromatic heterocycles. The molecule has 67 heavy (non-hydrogen) atoms. The minimum absolute atomic E-state index is 0.625. The van der Waals surface area contributed by atoms with Gasteiger partial charge in [0.15, 0.2) is 0 Å². The minimum Gasteiger partial charge on any atom is -0.309 e. The zero-order valence-electron chi connectivity index (χ0n) is 36.6. The first-order valence-electron chi connectivity index (χ1n) is 23.3. The molecular formula is C65H42N2. The Bertz CT molecular complexity index is 4030. The van der Waals surface area contributed by atoms with Crippen LogP contribution >= 0.6 is 0 Å². The smallest absolute Gasteiger partial charge is 0.0720 e. The maximum absolute atomic E-state index is 2.52. The fourth-order valence-electron chi connectivity index (χ4n) is 11.8. The van der Waals surface area contributed by atoms with Gasteiger partial charge in [0.25, 0.3) is 0 Å². The molecule has 0 aliphatic heterocycles. The number of benzene rings is 11. The van der Waals surface area contributed by atoms with Gasteiger partial charge in [0.05, 0.1) is 27.5 Å². The predicted molar refractivity (Wildman–Crippen MR) is 281 cm³/mol. The van der Waals surface area contributed by atoms with Gasteiger partial charge in [0.2, 0.25) is 0 Å². The summed E-state index contributed by atoms with van der Waals surface area (Å²) in [6, 6.07) is 94.6. The van der Waals surface area contributed by atoms with Gasteiger partial charge in [-0.2, -0.15) is 0 Å². The van der Waals surface area contributed by atoms with Crippen LogP contribution < -0.4 is 0 Å². The van der Waals surface area contributed by atoms with Crippen molar-refractivity contribution in [1.29, 1.82) is 0 Å². The van der Waals surface area contributed by atoms with Gasteiger partial charge in [-0.1, -0.05) is 182 Å². The van der Waals surface area contributed by atoms with E-state index in [-0.39, 0.29) is 0 Å². The minimum atomic E-state index is -0.625. The lowest BCUT2D eigenvalue weighted by Crippen LogP contribution is -2.29. The van der Waals surface area contributed by atoms with Crippen LogP contribution in [0.5, 0.6) is 0 Å². The summed E-state index contributed by atoms with van der Waals surface area (Å²) >= 11 is 0. The highest BCUT2D eigenvalue weighted by molar-refractivity contribution is 6.14. The van der Waals surface area contributed by atoms with Crippen molar-refractivity contribution in [2.45, 2.75) is 5.41 Å². The van der Waals surface area contributed by atoms with Crippen LogP contribution in [-0.2, 0) is 5.41 Å². The molecule has 0 bridgehead atoms. The Labute approximate surface area is 388 Å². The van der Waals surface area contributed by atoms with Crippen LogP contribution in [0.2, 0.25) is 0 Å². The standard InChI is InChI=1S/C65H42N2/c1-5-20-47(21-6-1)65(48-22-7-2-8-23-48)58-42-44(43-34-37-61-56(39-43)52-29-15-17-31-59(52)66(61)49-24-9-3-10-25-49)33-36-54(58)63-55(40-45-19-13-14-28-51(45)64(63)65)46-35-38-62-57(41-46)53-30-16-18-32-60(53)67(62)50-26-11-4-12-27-50/h1-42H. The molecule has 1 aliphatic rings. The Kier molecular flexibility index (Phi) is 8.23. The van der Waals surface area contributed by atoms with Gasteiger partial charge in [-0.3, -0.25) is 0 Å². The Morgan fingerprint density at radius 2 is 0.716 bits per heavy atom. The van der Waals surface area contributed by atoms with E-state index in [1.807, 2.05) is 0 Å². The lowest BCUT2D eigenvalue weighted by atomic mass is 9.66. The number of hydrogen-bond acceptors (Lipinski definition) is 0. The summed E-state index contributed by atoms with van der Waals surface area (Å²) in [4.78, 5) is 0. The third kappa shape index (κ3) is 5.45. The summed E-state index contributed by atoms with van der Waals surface area (Å²) < 4.78 is 4.80. The molecule has 1 aliphatic carbocycles. The van der Waals surface area contributed by atoms with E-state index in [1.54, 1.807) is 0 Å². The fourth-order valence-corrected chi connectivity index (χ4v) is 11.8. The molecule has 14 rings (SSSR count). The first-order valence-corrected chi connectivity index (χ1v) is 23.3. The Morgan fingerprint density at radius 3 is 1.30 bits per heavy atom. The van der Waals surface area contributed by atoms with Crippen molar-refractivity contribution >= 4 is 54.4 Å². The zero-order chi connectivity index (χ0) is 44.1. The average molecular weight is 851 g/mol. The summed E-state index contributed by atoms with van der Waals surface area (Å²) in [5.74, 6) is 0. The van der Waals surface area contributed by atoms with Gasteiger partial charge in [0.1, 0.15) is 0 Å². The monoisotopic (exact) mass is 850 g/mol. The number of hydrogen-bond donors (Lipinski definition) is 0. The third-order valence-electron chi connectivity index (χ3n) is 14.5. The molecule has 0 amide bonds. The van der Waals surface area contributed by atoms with Crippen molar-refractivity contribution in [3.63, 3.8) is 0 Å². The van der Waals surface area contributed by atoms with Crippen molar-refractivity contribution < 1.29 is 0 Å². The second kappa shape index (κ2) is 14.7. The van der Waals surface area contributed by atoms with Crippen LogP contribution in [-0.4, -0.2) is 9.13 Å². The lowest BCUT2D eigenvalue weighted by Gasteiger charge is -2.35. The highest BCUT2D eigenvalue weighted by Gasteiger charge is 2.48. The number of nitrogens with zero attached hydrogens (tertiary/aromatic N) is 2. The van der Waals surface area contributed by atoms with Crippen molar-refractivity contribution in [3.05, 3.63) is 277 Å². The van der Waals surface area contributed by atoms with Crippen molar-refractivity contribution in [1.82, 2.24) is 9.13 Å². The largest absolute Gasteiger partial charge is 0.309 e. The molecule has 312 valence electrons. The van der Waals surface area contributed by atoms with Crippen LogP contribution in [0.4, 0.5) is 0 Å². The Hall–Kier alpha value is -8.72. The summed E-state index contributed by atoms with van der Waals surface area (Å²) in [6.45, 7) is 0. The summed E-state index contributed by atoms with van der Waals surface area (Å²) in [7, 11) is 0. The van der Waals surface area contributed by atoms with Gasteiger partial charge >= 0.3 is 0 Å². The Morgan fingerprint density at radius 1 is 0.284 bits per heavy atom. The zero-order valence-corrected chi connectivity index (χ0v) is 36.6. The van der Waals surface area contributed by atoms with Gasteiger partial charge in [-0.15, -0.1) is 0 Å². The number of fused-ring (bicyclic) bond motifs is 11. The molecule has 2 heterocycles. The van der Waals surface area contributed by atoms with E-state index < -0.39 is 5.41 Å². The SMILES string of the molecule is c1ccc(-n2c3ccccc3c3cc(-c4ccc5c(c4)C(c4ccccc4)(c4ccccc4)c4c-5c(-c5ccc6c(c5)c5ccccc5n6-c5ccccc5)cc5ccccc45)ccc32)cc1. The number of aromatic nitrogens is 2. The van der Waals surface area contributed by atoms with E-state index in [9.17, 15) is 0 Å². The molecule has 0 fully saturated rings. The highest BCUT2D eigenvalue weighted by Crippen LogP contribution is 2.61. The maximum atomic E-state index is 2.52. The predicted octanol–water partition coefficient (Wildman–Crippen LogP) is 16.7. The normalized spacial score (nSPS) is 12.9. The molecule has 0 N–H and O–H groups in total. The van der Waals surface area contributed by atoms with E-state index in [0.717, 1.165) is 11.4 Å². The quantitative estimate of drug-likeness (QED) is 0.158. The summed E-state index contributed by atoms with van der Waals surface area (Å²) in [5, 5.41) is 7.48. The molecule has 0 saturated carbocycles. The molecular weight excluding hydrogens is 809 g/mol. The molecule has 0 atom stereocenters. The highest BCUT2D eigenvalue weighted by atomic mass is 15.0. The van der Waals surface area contributed by atoms with Crippen LogP contribution in [0.15, 0.2) is 255 Å². The van der Waals surface area contributed by atoms with Crippen LogP contribution in [0.1, 0.15) is 22.3 Å². The third-order valence-corrected chi connectivity index (χ3v) is 14.5. The first-order chi connectivity index (χ1) is 33.3. The number of para-hydroxylation sites is 4. The van der Waals surface area contributed by atoms with Gasteiger partial charge in [-0.25, -0.2) is 0 Å². The molecule has 0 radical (unpaired) electrons. The van der Waals surface area contributed by atoms with Crippen molar-refractivity contribution in [2.24, 2.45) is 0 Å². The molecule has 0 unspecified atom stereocenters. The second-order valence-corrected chi connectivity index (χ2v) is 18.0. The van der Waals surface area contributed by atoms with Crippen LogP contribution in [0, 0.1) is 0 Å². The van der Waals surface area contributed by atoms with E-state index in [1.165, 1.54) is 110 Å². The summed E-state index contributed by atoms with van der Waals surface area (Å²) in [5.41, 5.74) is 19.0. The second-order valence-electron chi connectivity index (χ2n) is 18.0. The Balaban J connectivity index is 1.06. The lowest BCUT2D eigenvalue weighted by molar-refractivity contribution is 0.776. The van der Waals surface area contributed by atoms with Crippen LogP contribution in [0.3, 0.4) is 0 Å². The maximum Gasteiger partial charge on any atom is 0.0720 e. The van der Waals surface area contributed by atoms with E-state index >= 15 is 0 Å². The van der Waals surface area contributed by atoms with Crippen molar-refractivity contribution in [2.75, 3.05) is 0 Å². The molecule has 2 heteroatoms. The number of rotatable bonds is 6. The van der Waals surface area contributed by atoms with E-state index in [0.29, 0.717) is 0 Å². The van der Waals surface area contributed by atoms with E-state index in [2.05, 4.69) is 264 Å². The fraction of sp³-hybridized carbons (Fsp3) is 0.0154. The van der Waals surface area contributed by atoms with Gasteiger partial charge < -0.3 is 9.13 Å². The van der Waals surface area contributed by atoms with Crippen molar-refractivity contribution in [3.8, 4) is 44.8 Å². The topological polar surface area (TPSA) is 9.86 Å². The molecule has 2 nitrogen and oxygen atoms in total. The van der Waals surface area contributed by atoms with Gasteiger partial charge in [0, 0.05) is 32.9 Å². The molecule has 11 aromatic carbocycles. The van der Waals surface area contributed by atoms with Gasteiger partial charge in [-0.05, 0) is 139 Å². The van der Waals surface area contributed by atoms with E-state index in [4.69, 9.17) is 0 Å². The average Bonchev–Trinajstić information content (AvgIpc) is 4.03. The summed E-state index contributed by atoms with van der Waals surface area (Å²) in [6.07, 6.45) is 0. The molecule has 0 saturated heterocycles. The first kappa shape index (κ1) is 37.6. The van der Waals surface area contributed by atoms with Crippen LogP contribution in [0.25, 0.3) is 99.1 Å².